The zero-order valence-electron chi connectivity index (χ0n) is 12.9. The third-order valence-electron chi connectivity index (χ3n) is 3.95. The van der Waals surface area contributed by atoms with E-state index in [9.17, 15) is 14.7 Å². The van der Waals surface area contributed by atoms with Gasteiger partial charge in [0.25, 0.3) is 0 Å². The van der Waals surface area contributed by atoms with Crippen LogP contribution in [0.25, 0.3) is 0 Å². The van der Waals surface area contributed by atoms with Gasteiger partial charge in [-0.3, -0.25) is 9.59 Å². The molecular weight excluding hydrogens is 286 g/mol. The molecular formula is C14H21N5O3. The third-order valence-corrected chi connectivity index (χ3v) is 3.95. The number of carboxylic acid groups (broad SMARTS) is 1. The van der Waals surface area contributed by atoms with E-state index >= 15 is 0 Å². The molecule has 0 unspecified atom stereocenters. The fraction of sp³-hybridized carbons (Fsp3) is 0.643. The highest BCUT2D eigenvalue weighted by Gasteiger charge is 2.42. The van der Waals surface area contributed by atoms with Gasteiger partial charge in [0.05, 0.1) is 5.41 Å². The molecule has 2 heterocycles. The monoisotopic (exact) mass is 307 g/mol. The minimum absolute atomic E-state index is 0.0155. The molecule has 0 spiro atoms. The first-order valence-electron chi connectivity index (χ1n) is 7.28. The number of aliphatic carboxylic acids is 1. The van der Waals surface area contributed by atoms with Crippen molar-refractivity contribution in [1.29, 1.82) is 0 Å². The Morgan fingerprint density at radius 3 is 2.77 bits per heavy atom. The number of tetrazole rings is 1. The summed E-state index contributed by atoms with van der Waals surface area (Å²) in [6.07, 6.45) is 4.90. The van der Waals surface area contributed by atoms with E-state index in [2.05, 4.69) is 15.4 Å². The van der Waals surface area contributed by atoms with Gasteiger partial charge in [-0.15, -0.1) is 10.2 Å². The summed E-state index contributed by atoms with van der Waals surface area (Å²) >= 11 is 0. The first-order valence-corrected chi connectivity index (χ1v) is 7.28. The van der Waals surface area contributed by atoms with Crippen LogP contribution in [0, 0.1) is 5.41 Å². The minimum Gasteiger partial charge on any atom is -0.481 e. The molecule has 8 heteroatoms. The number of carbonyl (C=O) groups is 2. The maximum atomic E-state index is 12.3. The van der Waals surface area contributed by atoms with Crippen molar-refractivity contribution < 1.29 is 14.7 Å². The summed E-state index contributed by atoms with van der Waals surface area (Å²) in [5.41, 5.74) is 0.178. The fourth-order valence-electron chi connectivity index (χ4n) is 2.65. The lowest BCUT2D eigenvalue weighted by Crippen LogP contribution is -2.50. The Kier molecular flexibility index (Phi) is 4.89. The van der Waals surface area contributed by atoms with Crippen LogP contribution in [0.2, 0.25) is 0 Å². The van der Waals surface area contributed by atoms with Crippen LogP contribution in [0.15, 0.2) is 18.0 Å². The van der Waals surface area contributed by atoms with Crippen LogP contribution in [-0.4, -0.2) is 55.2 Å². The van der Waals surface area contributed by atoms with Crippen LogP contribution >= 0.6 is 0 Å². The largest absolute Gasteiger partial charge is 0.481 e. The molecule has 0 aliphatic carbocycles. The molecule has 120 valence electrons. The van der Waals surface area contributed by atoms with Gasteiger partial charge in [-0.05, 0) is 38.3 Å². The molecule has 22 heavy (non-hydrogen) atoms. The predicted molar refractivity (Wildman–Crippen MR) is 77.7 cm³/mol. The predicted octanol–water partition coefficient (Wildman–Crippen LogP) is 0.723. The van der Waals surface area contributed by atoms with Crippen molar-refractivity contribution in [2.24, 2.45) is 5.41 Å². The highest BCUT2D eigenvalue weighted by atomic mass is 16.4. The maximum Gasteiger partial charge on any atom is 0.311 e. The van der Waals surface area contributed by atoms with Crippen LogP contribution in [0.5, 0.6) is 0 Å². The molecule has 2 rings (SSSR count). The van der Waals surface area contributed by atoms with Gasteiger partial charge < -0.3 is 10.0 Å². The van der Waals surface area contributed by atoms with Crippen LogP contribution in [-0.2, 0) is 16.1 Å². The van der Waals surface area contributed by atoms with E-state index in [1.165, 1.54) is 11.1 Å². The fourth-order valence-corrected chi connectivity index (χ4v) is 2.65. The SMILES string of the molecule is CC(C)=CC[C@@]1(C(=O)O)CCCN(C(=O)Cn2ncnn2)C1. The van der Waals surface area contributed by atoms with Crippen LogP contribution in [0.1, 0.15) is 33.1 Å². The molecule has 1 N–H and O–H groups in total. The van der Waals surface area contributed by atoms with E-state index in [1.807, 2.05) is 19.9 Å². The summed E-state index contributed by atoms with van der Waals surface area (Å²) in [6.45, 7) is 4.66. The van der Waals surface area contributed by atoms with Crippen molar-refractivity contribution in [3.05, 3.63) is 18.0 Å². The van der Waals surface area contributed by atoms with E-state index in [0.29, 0.717) is 25.8 Å². The van der Waals surface area contributed by atoms with Crippen LogP contribution < -0.4 is 0 Å². The highest BCUT2D eigenvalue weighted by molar-refractivity contribution is 5.79. The molecule has 8 nitrogen and oxygen atoms in total. The lowest BCUT2D eigenvalue weighted by atomic mass is 9.76. The van der Waals surface area contributed by atoms with Gasteiger partial charge in [0.1, 0.15) is 6.54 Å². The van der Waals surface area contributed by atoms with Gasteiger partial charge >= 0.3 is 5.97 Å². The van der Waals surface area contributed by atoms with Crippen molar-refractivity contribution in [2.75, 3.05) is 13.1 Å². The van der Waals surface area contributed by atoms with Gasteiger partial charge in [-0.2, -0.15) is 4.80 Å². The molecule has 1 aromatic heterocycles. The molecule has 1 aliphatic rings. The summed E-state index contributed by atoms with van der Waals surface area (Å²) in [5.74, 6) is -1.03. The number of carbonyl (C=O) groups excluding carboxylic acids is 1. The number of hydrogen-bond donors (Lipinski definition) is 1. The first kappa shape index (κ1) is 16.1. The summed E-state index contributed by atoms with van der Waals surface area (Å²) in [4.78, 5) is 26.9. The van der Waals surface area contributed by atoms with Crippen molar-refractivity contribution in [2.45, 2.75) is 39.7 Å². The molecule has 1 atom stereocenters. The molecule has 1 amide bonds. The molecule has 0 radical (unpaired) electrons. The van der Waals surface area contributed by atoms with Gasteiger partial charge in [0.2, 0.25) is 5.91 Å². The topological polar surface area (TPSA) is 101 Å². The van der Waals surface area contributed by atoms with Crippen molar-refractivity contribution in [3.8, 4) is 0 Å². The normalized spacial score (nSPS) is 21.5. The number of hydrogen-bond acceptors (Lipinski definition) is 5. The van der Waals surface area contributed by atoms with Gasteiger partial charge in [0, 0.05) is 13.1 Å². The van der Waals surface area contributed by atoms with E-state index in [1.54, 1.807) is 4.90 Å². The summed E-state index contributed by atoms with van der Waals surface area (Å²) in [6, 6.07) is 0. The first-order chi connectivity index (χ1) is 10.4. The molecule has 1 aliphatic heterocycles. The standard InChI is InChI=1S/C14H21N5O3/c1-11(2)4-6-14(13(21)22)5-3-7-18(9-14)12(20)8-19-16-10-15-17-19/h4,10H,3,5-9H2,1-2H3,(H,21,22)/t14-/m0/s1. The third kappa shape index (κ3) is 3.69. The minimum atomic E-state index is -0.902. The van der Waals surface area contributed by atoms with E-state index in [0.717, 1.165) is 5.57 Å². The Balaban J connectivity index is 2.09. The number of likely N-dealkylation sites (tertiary alicyclic amines) is 1. The Morgan fingerprint density at radius 1 is 1.41 bits per heavy atom. The second-order valence-electron chi connectivity index (χ2n) is 5.96. The average Bonchev–Trinajstić information content (AvgIpc) is 2.98. The Bertz CT molecular complexity index is 565. The number of carboxylic acids is 1. The summed E-state index contributed by atoms with van der Waals surface area (Å²) in [5, 5.41) is 20.7. The van der Waals surface area contributed by atoms with Gasteiger partial charge in [-0.1, -0.05) is 11.6 Å². The van der Waals surface area contributed by atoms with E-state index < -0.39 is 11.4 Å². The van der Waals surface area contributed by atoms with Crippen LogP contribution in [0.4, 0.5) is 0 Å². The van der Waals surface area contributed by atoms with Gasteiger partial charge in [-0.25, -0.2) is 0 Å². The second-order valence-corrected chi connectivity index (χ2v) is 5.96. The number of piperidine rings is 1. The van der Waals surface area contributed by atoms with Gasteiger partial charge in [0.15, 0.2) is 6.33 Å². The van der Waals surface area contributed by atoms with Crippen molar-refractivity contribution in [3.63, 3.8) is 0 Å². The quantitative estimate of drug-likeness (QED) is 0.804. The Morgan fingerprint density at radius 2 is 2.18 bits per heavy atom. The molecule has 0 saturated carbocycles. The lowest BCUT2D eigenvalue weighted by molar-refractivity contribution is -0.155. The molecule has 1 fully saturated rings. The number of amides is 1. The number of nitrogens with zero attached hydrogens (tertiary/aromatic N) is 5. The van der Waals surface area contributed by atoms with E-state index in [4.69, 9.17) is 0 Å². The lowest BCUT2D eigenvalue weighted by Gasteiger charge is -2.39. The highest BCUT2D eigenvalue weighted by Crippen LogP contribution is 2.35. The smallest absolute Gasteiger partial charge is 0.311 e. The average molecular weight is 307 g/mol. The van der Waals surface area contributed by atoms with Crippen LogP contribution in [0.3, 0.4) is 0 Å². The molecule has 1 aromatic rings. The molecule has 1 saturated heterocycles. The zero-order chi connectivity index (χ0) is 16.2. The Labute approximate surface area is 128 Å². The summed E-state index contributed by atoms with van der Waals surface area (Å²) < 4.78 is 0. The number of aromatic nitrogens is 4. The summed E-state index contributed by atoms with van der Waals surface area (Å²) in [7, 11) is 0. The second kappa shape index (κ2) is 6.67. The Hall–Kier alpha value is -2.25. The van der Waals surface area contributed by atoms with Crippen molar-refractivity contribution in [1.82, 2.24) is 25.1 Å². The molecule has 0 aromatic carbocycles. The van der Waals surface area contributed by atoms with Crippen molar-refractivity contribution >= 4 is 11.9 Å². The van der Waals surface area contributed by atoms with E-state index in [-0.39, 0.29) is 19.0 Å². The number of allylic oxidation sites excluding steroid dienone is 2. The molecule has 0 bridgehead atoms. The number of rotatable bonds is 5. The maximum absolute atomic E-state index is 12.3. The zero-order valence-corrected chi connectivity index (χ0v) is 12.9.